The van der Waals surface area contributed by atoms with E-state index in [9.17, 15) is 9.59 Å². The van der Waals surface area contributed by atoms with Crippen molar-refractivity contribution in [1.29, 1.82) is 0 Å². The van der Waals surface area contributed by atoms with Gasteiger partial charge >= 0.3 is 0 Å². The lowest BCUT2D eigenvalue weighted by Gasteiger charge is -2.08. The Morgan fingerprint density at radius 3 is 2.44 bits per heavy atom. The first-order valence-electron chi connectivity index (χ1n) is 4.87. The van der Waals surface area contributed by atoms with Crippen LogP contribution in [-0.2, 0) is 0 Å². The van der Waals surface area contributed by atoms with Gasteiger partial charge < -0.3 is 4.98 Å². The minimum Gasteiger partial charge on any atom is -0.329 e. The predicted octanol–water partition coefficient (Wildman–Crippen LogP) is 3.81. The Morgan fingerprint density at radius 1 is 1.06 bits per heavy atom. The van der Waals surface area contributed by atoms with E-state index in [4.69, 9.17) is 34.8 Å². The molecule has 0 aliphatic rings. The van der Waals surface area contributed by atoms with E-state index in [1.54, 1.807) is 6.07 Å². The average Bonchev–Trinajstić information content (AvgIpc) is 2.37. The van der Waals surface area contributed by atoms with Crippen molar-refractivity contribution in [2.24, 2.45) is 0 Å². The van der Waals surface area contributed by atoms with E-state index in [0.717, 1.165) is 0 Å². The van der Waals surface area contributed by atoms with Crippen molar-refractivity contribution >= 4 is 41.1 Å². The molecule has 0 unspecified atom stereocenters. The number of aldehydes is 1. The van der Waals surface area contributed by atoms with Crippen molar-refractivity contribution in [3.8, 4) is 11.1 Å². The SMILES string of the molecule is O=Cc1cc[nH]c(=O)c1-c1ccc(Cl)c(Cl)c1Cl. The summed E-state index contributed by atoms with van der Waals surface area (Å²) in [5.74, 6) is 0. The Hall–Kier alpha value is -1.29. The molecule has 0 spiro atoms. The second-order valence-electron chi connectivity index (χ2n) is 3.48. The zero-order valence-electron chi connectivity index (χ0n) is 8.84. The highest BCUT2D eigenvalue weighted by Gasteiger charge is 2.16. The smallest absolute Gasteiger partial charge is 0.256 e. The topological polar surface area (TPSA) is 49.9 Å². The van der Waals surface area contributed by atoms with Crippen LogP contribution in [0.4, 0.5) is 0 Å². The van der Waals surface area contributed by atoms with Gasteiger partial charge in [-0.05, 0) is 12.1 Å². The molecule has 1 aromatic carbocycles. The van der Waals surface area contributed by atoms with Crippen molar-refractivity contribution in [1.82, 2.24) is 4.98 Å². The molecule has 0 amide bonds. The third kappa shape index (κ3) is 2.17. The summed E-state index contributed by atoms with van der Waals surface area (Å²) in [7, 11) is 0. The third-order valence-electron chi connectivity index (χ3n) is 2.42. The summed E-state index contributed by atoms with van der Waals surface area (Å²) in [5.41, 5.74) is 0.366. The van der Waals surface area contributed by atoms with Crippen LogP contribution in [-0.4, -0.2) is 11.3 Å². The monoisotopic (exact) mass is 301 g/mol. The third-order valence-corrected chi connectivity index (χ3v) is 3.72. The summed E-state index contributed by atoms with van der Waals surface area (Å²) in [5, 5.41) is 0.574. The predicted molar refractivity (Wildman–Crippen MR) is 72.9 cm³/mol. The molecule has 2 aromatic rings. The van der Waals surface area contributed by atoms with Gasteiger partial charge in [0.25, 0.3) is 5.56 Å². The zero-order chi connectivity index (χ0) is 13.3. The highest BCUT2D eigenvalue weighted by Crippen LogP contribution is 2.37. The van der Waals surface area contributed by atoms with Crippen LogP contribution in [0, 0.1) is 0 Å². The number of aromatic nitrogens is 1. The highest BCUT2D eigenvalue weighted by atomic mass is 35.5. The average molecular weight is 303 g/mol. The van der Waals surface area contributed by atoms with E-state index in [1.165, 1.54) is 18.3 Å². The molecule has 3 nitrogen and oxygen atoms in total. The standard InChI is InChI=1S/C12H6Cl3NO2/c13-8-2-1-7(10(14)11(8)15)9-6(5-17)3-4-16-12(9)18/h1-5H,(H,16,18). The van der Waals surface area contributed by atoms with Gasteiger partial charge in [0.1, 0.15) is 0 Å². The molecule has 0 aliphatic carbocycles. The maximum atomic E-state index is 11.8. The number of pyridine rings is 1. The zero-order valence-corrected chi connectivity index (χ0v) is 11.1. The van der Waals surface area contributed by atoms with Gasteiger partial charge in [0, 0.05) is 17.3 Å². The van der Waals surface area contributed by atoms with Crippen LogP contribution in [0.25, 0.3) is 11.1 Å². The van der Waals surface area contributed by atoms with E-state index in [1.807, 2.05) is 0 Å². The molecule has 2 rings (SSSR count). The summed E-state index contributed by atoms with van der Waals surface area (Å²) in [6.45, 7) is 0. The molecule has 1 aromatic heterocycles. The van der Waals surface area contributed by atoms with E-state index >= 15 is 0 Å². The first kappa shape index (κ1) is 13.1. The van der Waals surface area contributed by atoms with Crippen molar-refractivity contribution in [3.05, 3.63) is 55.4 Å². The van der Waals surface area contributed by atoms with Crippen molar-refractivity contribution in [3.63, 3.8) is 0 Å². The molecule has 0 atom stereocenters. The first-order valence-corrected chi connectivity index (χ1v) is 6.00. The van der Waals surface area contributed by atoms with Crippen LogP contribution in [0.1, 0.15) is 10.4 Å². The van der Waals surface area contributed by atoms with Crippen LogP contribution in [0.15, 0.2) is 29.2 Å². The van der Waals surface area contributed by atoms with Crippen LogP contribution >= 0.6 is 34.8 Å². The number of carbonyl (C=O) groups is 1. The molecule has 0 radical (unpaired) electrons. The quantitative estimate of drug-likeness (QED) is 0.677. The minimum atomic E-state index is -0.417. The molecule has 1 N–H and O–H groups in total. The lowest BCUT2D eigenvalue weighted by atomic mass is 10.0. The van der Waals surface area contributed by atoms with E-state index in [2.05, 4.69) is 4.98 Å². The molecule has 0 bridgehead atoms. The summed E-state index contributed by atoms with van der Waals surface area (Å²) in [6, 6.07) is 4.56. The van der Waals surface area contributed by atoms with Gasteiger partial charge in [0.15, 0.2) is 6.29 Å². The Kier molecular flexibility index (Phi) is 3.76. The Balaban J connectivity index is 2.82. The normalized spacial score (nSPS) is 10.4. The highest BCUT2D eigenvalue weighted by molar-refractivity contribution is 6.49. The second-order valence-corrected chi connectivity index (χ2v) is 4.64. The van der Waals surface area contributed by atoms with Gasteiger partial charge in [-0.2, -0.15) is 0 Å². The maximum absolute atomic E-state index is 11.8. The second kappa shape index (κ2) is 5.14. The van der Waals surface area contributed by atoms with E-state index in [0.29, 0.717) is 11.8 Å². The van der Waals surface area contributed by atoms with Gasteiger partial charge in [-0.3, -0.25) is 9.59 Å². The first-order chi connectivity index (χ1) is 8.56. The Bertz CT molecular complexity index is 680. The number of hydrogen-bond acceptors (Lipinski definition) is 2. The summed E-state index contributed by atoms with van der Waals surface area (Å²) < 4.78 is 0. The molecule has 0 aliphatic heterocycles. The molecular weight excluding hydrogens is 296 g/mol. The van der Waals surface area contributed by atoms with Crippen LogP contribution in [0.3, 0.4) is 0 Å². The van der Waals surface area contributed by atoms with Crippen molar-refractivity contribution in [2.45, 2.75) is 0 Å². The largest absolute Gasteiger partial charge is 0.329 e. The van der Waals surface area contributed by atoms with Gasteiger partial charge in [0.2, 0.25) is 0 Å². The minimum absolute atomic E-state index is 0.143. The molecule has 92 valence electrons. The number of hydrogen-bond donors (Lipinski definition) is 1. The van der Waals surface area contributed by atoms with Gasteiger partial charge in [0.05, 0.1) is 20.6 Å². The number of benzene rings is 1. The number of rotatable bonds is 2. The molecule has 0 fully saturated rings. The number of halogens is 3. The van der Waals surface area contributed by atoms with Crippen LogP contribution in [0.2, 0.25) is 15.1 Å². The maximum Gasteiger partial charge on any atom is 0.256 e. The van der Waals surface area contributed by atoms with Crippen LogP contribution < -0.4 is 5.56 Å². The molecule has 18 heavy (non-hydrogen) atoms. The summed E-state index contributed by atoms with van der Waals surface area (Å²) in [6.07, 6.45) is 1.98. The van der Waals surface area contributed by atoms with E-state index < -0.39 is 5.56 Å². The molecular formula is C12H6Cl3NO2. The fraction of sp³-hybridized carbons (Fsp3) is 0. The molecule has 0 saturated heterocycles. The lowest BCUT2D eigenvalue weighted by Crippen LogP contribution is -2.11. The van der Waals surface area contributed by atoms with Gasteiger partial charge in [-0.15, -0.1) is 0 Å². The fourth-order valence-corrected chi connectivity index (χ4v) is 2.22. The summed E-state index contributed by atoms with van der Waals surface area (Å²) in [4.78, 5) is 25.2. The number of H-pyrrole nitrogens is 1. The lowest BCUT2D eigenvalue weighted by molar-refractivity contribution is 0.112. The number of carbonyl (C=O) groups excluding carboxylic acids is 1. The summed E-state index contributed by atoms with van der Waals surface area (Å²) >= 11 is 17.8. The number of nitrogens with one attached hydrogen (secondary N) is 1. The number of aromatic amines is 1. The van der Waals surface area contributed by atoms with Crippen molar-refractivity contribution in [2.75, 3.05) is 0 Å². The molecule has 0 saturated carbocycles. The van der Waals surface area contributed by atoms with Crippen molar-refractivity contribution < 1.29 is 4.79 Å². The molecule has 1 heterocycles. The van der Waals surface area contributed by atoms with Crippen LogP contribution in [0.5, 0.6) is 0 Å². The Labute approximate surface area is 117 Å². The van der Waals surface area contributed by atoms with Gasteiger partial charge in [-0.1, -0.05) is 40.9 Å². The Morgan fingerprint density at radius 2 is 1.78 bits per heavy atom. The van der Waals surface area contributed by atoms with Gasteiger partial charge in [-0.25, -0.2) is 0 Å². The fourth-order valence-electron chi connectivity index (χ4n) is 1.59. The molecule has 6 heteroatoms. The van der Waals surface area contributed by atoms with E-state index in [-0.39, 0.29) is 26.2 Å².